The highest BCUT2D eigenvalue weighted by Gasteiger charge is 2.41. The van der Waals surface area contributed by atoms with Gasteiger partial charge in [-0.15, -0.1) is 0 Å². The number of hydrogen-bond acceptors (Lipinski definition) is 2. The molecule has 0 amide bonds. The van der Waals surface area contributed by atoms with Crippen molar-refractivity contribution in [1.82, 2.24) is 4.90 Å². The molecule has 1 rings (SSSR count). The minimum absolute atomic E-state index is 0.0294. The van der Waals surface area contributed by atoms with Crippen LogP contribution in [0, 0.1) is 5.41 Å². The summed E-state index contributed by atoms with van der Waals surface area (Å²) in [7, 11) is 0. The van der Waals surface area contributed by atoms with Crippen LogP contribution in [0.5, 0.6) is 0 Å². The molecule has 0 aromatic rings. The predicted molar refractivity (Wildman–Crippen MR) is 70.1 cm³/mol. The van der Waals surface area contributed by atoms with Crippen LogP contribution in [0.3, 0.4) is 0 Å². The maximum absolute atomic E-state index is 12.9. The zero-order valence-corrected chi connectivity index (χ0v) is 12.5. The third-order valence-electron chi connectivity index (χ3n) is 3.64. The zero-order chi connectivity index (χ0) is 14.1. The van der Waals surface area contributed by atoms with Gasteiger partial charge in [0.15, 0.2) is 0 Å². The van der Waals surface area contributed by atoms with Gasteiger partial charge in [0.25, 0.3) is 6.43 Å². The van der Waals surface area contributed by atoms with Crippen LogP contribution in [-0.2, 0) is 4.74 Å². The van der Waals surface area contributed by atoms with Crippen molar-refractivity contribution in [3.63, 3.8) is 0 Å². The van der Waals surface area contributed by atoms with E-state index >= 15 is 0 Å². The second-order valence-corrected chi connectivity index (χ2v) is 7.23. The Hall–Kier alpha value is -0.220. The molecule has 1 aliphatic rings. The molecule has 1 aliphatic heterocycles. The highest BCUT2D eigenvalue weighted by atomic mass is 19.3. The Morgan fingerprint density at radius 2 is 1.67 bits per heavy atom. The minimum Gasteiger partial charge on any atom is -0.371 e. The van der Waals surface area contributed by atoms with Gasteiger partial charge in [0.05, 0.1) is 6.61 Å². The van der Waals surface area contributed by atoms with Crippen molar-refractivity contribution >= 4 is 0 Å². The topological polar surface area (TPSA) is 12.5 Å². The van der Waals surface area contributed by atoms with Crippen LogP contribution in [0.15, 0.2) is 0 Å². The van der Waals surface area contributed by atoms with E-state index in [0.29, 0.717) is 19.6 Å². The van der Waals surface area contributed by atoms with Gasteiger partial charge in [-0.05, 0) is 32.6 Å². The Bertz CT molecular complexity index is 268. The Kier molecular flexibility index (Phi) is 4.76. The third-order valence-corrected chi connectivity index (χ3v) is 3.64. The first-order chi connectivity index (χ1) is 8.03. The third kappa shape index (κ3) is 3.89. The summed E-state index contributed by atoms with van der Waals surface area (Å²) in [6.07, 6.45) is -2.92. The number of rotatable bonds is 1. The molecule has 0 saturated carbocycles. The number of halogens is 2. The molecular formula is C14H27F2NO. The van der Waals surface area contributed by atoms with Crippen LogP contribution in [0.4, 0.5) is 8.78 Å². The van der Waals surface area contributed by atoms with Gasteiger partial charge in [-0.2, -0.15) is 0 Å². The average Bonchev–Trinajstić information content (AvgIpc) is 2.36. The number of ether oxygens (including phenoxy) is 1. The van der Waals surface area contributed by atoms with E-state index in [4.69, 9.17) is 4.74 Å². The van der Waals surface area contributed by atoms with Crippen LogP contribution >= 0.6 is 0 Å². The molecule has 2 unspecified atom stereocenters. The van der Waals surface area contributed by atoms with Gasteiger partial charge in [0.1, 0.15) is 6.10 Å². The van der Waals surface area contributed by atoms with E-state index in [-0.39, 0.29) is 17.0 Å². The van der Waals surface area contributed by atoms with Crippen molar-refractivity contribution in [3.05, 3.63) is 0 Å². The lowest BCUT2D eigenvalue weighted by Crippen LogP contribution is -2.54. The summed E-state index contributed by atoms with van der Waals surface area (Å²) in [5.74, 6) is 0. The maximum Gasteiger partial charge on any atom is 0.264 e. The fraction of sp³-hybridized carbons (Fsp3) is 1.00. The van der Waals surface area contributed by atoms with Gasteiger partial charge in [-0.1, -0.05) is 20.8 Å². The number of nitrogens with zero attached hydrogens (tertiary/aromatic N) is 1. The molecule has 1 fully saturated rings. The second kappa shape index (κ2) is 5.41. The molecule has 1 saturated heterocycles. The first-order valence-corrected chi connectivity index (χ1v) is 6.70. The molecular weight excluding hydrogens is 236 g/mol. The highest BCUT2D eigenvalue weighted by molar-refractivity contribution is 4.93. The summed E-state index contributed by atoms with van der Waals surface area (Å²) < 4.78 is 31.2. The molecule has 0 N–H and O–H groups in total. The molecule has 108 valence electrons. The van der Waals surface area contributed by atoms with Crippen molar-refractivity contribution in [3.8, 4) is 0 Å². The lowest BCUT2D eigenvalue weighted by molar-refractivity contribution is -0.0557. The van der Waals surface area contributed by atoms with Crippen LogP contribution < -0.4 is 0 Å². The van der Waals surface area contributed by atoms with Crippen molar-refractivity contribution in [2.75, 3.05) is 13.2 Å². The van der Waals surface area contributed by atoms with Gasteiger partial charge in [-0.3, -0.25) is 4.90 Å². The molecule has 2 atom stereocenters. The average molecular weight is 263 g/mol. The van der Waals surface area contributed by atoms with Gasteiger partial charge in [-0.25, -0.2) is 8.78 Å². The zero-order valence-electron chi connectivity index (χ0n) is 12.5. The van der Waals surface area contributed by atoms with E-state index in [2.05, 4.69) is 46.4 Å². The standard InChI is InChI=1S/C14H27F2NO/c1-13(2,3)11-9-10(12(15)16)18-8-7-17(11)14(4,5)6/h10-12H,7-9H2,1-6H3. The Balaban J connectivity index is 2.98. The quantitative estimate of drug-likeness (QED) is 0.717. The van der Waals surface area contributed by atoms with Gasteiger partial charge < -0.3 is 4.74 Å². The monoisotopic (exact) mass is 263 g/mol. The Labute approximate surface area is 110 Å². The summed E-state index contributed by atoms with van der Waals surface area (Å²) in [5.41, 5.74) is -0.0631. The van der Waals surface area contributed by atoms with Gasteiger partial charge in [0, 0.05) is 18.1 Å². The first-order valence-electron chi connectivity index (χ1n) is 6.70. The fourth-order valence-electron chi connectivity index (χ4n) is 2.67. The molecule has 2 nitrogen and oxygen atoms in total. The SMILES string of the molecule is CC(C)(C)C1CC(C(F)F)OCCN1C(C)(C)C. The molecule has 0 aliphatic carbocycles. The lowest BCUT2D eigenvalue weighted by atomic mass is 9.80. The lowest BCUT2D eigenvalue weighted by Gasteiger charge is -2.46. The van der Waals surface area contributed by atoms with Crippen molar-refractivity contribution in [2.45, 2.75) is 72.1 Å². The maximum atomic E-state index is 12.9. The summed E-state index contributed by atoms with van der Waals surface area (Å²) in [6, 6.07) is 0.110. The largest absolute Gasteiger partial charge is 0.371 e. The molecule has 0 radical (unpaired) electrons. The summed E-state index contributed by atoms with van der Waals surface area (Å²) in [5, 5.41) is 0. The molecule has 0 bridgehead atoms. The van der Waals surface area contributed by atoms with Crippen LogP contribution in [0.2, 0.25) is 0 Å². The van der Waals surface area contributed by atoms with E-state index < -0.39 is 12.5 Å². The minimum atomic E-state index is -2.39. The van der Waals surface area contributed by atoms with E-state index in [1.54, 1.807) is 0 Å². The fourth-order valence-corrected chi connectivity index (χ4v) is 2.67. The van der Waals surface area contributed by atoms with E-state index in [0.717, 1.165) is 0 Å². The number of hydrogen-bond donors (Lipinski definition) is 0. The summed E-state index contributed by atoms with van der Waals surface area (Å²) >= 11 is 0. The molecule has 4 heteroatoms. The van der Waals surface area contributed by atoms with Gasteiger partial charge in [0.2, 0.25) is 0 Å². The smallest absolute Gasteiger partial charge is 0.264 e. The van der Waals surface area contributed by atoms with Crippen molar-refractivity contribution in [1.29, 1.82) is 0 Å². The summed E-state index contributed by atoms with van der Waals surface area (Å²) in [6.45, 7) is 13.9. The normalized spacial score (nSPS) is 28.5. The van der Waals surface area contributed by atoms with E-state index in [1.807, 2.05) is 0 Å². The predicted octanol–water partition coefficient (Wildman–Crippen LogP) is 3.56. The van der Waals surface area contributed by atoms with E-state index in [9.17, 15) is 8.78 Å². The van der Waals surface area contributed by atoms with Crippen molar-refractivity contribution in [2.24, 2.45) is 5.41 Å². The van der Waals surface area contributed by atoms with E-state index in [1.165, 1.54) is 0 Å². The molecule has 18 heavy (non-hydrogen) atoms. The number of alkyl halides is 2. The summed E-state index contributed by atoms with van der Waals surface area (Å²) in [4.78, 5) is 2.31. The second-order valence-electron chi connectivity index (χ2n) is 7.23. The van der Waals surface area contributed by atoms with Gasteiger partial charge >= 0.3 is 0 Å². The molecule has 0 aromatic carbocycles. The molecule has 0 spiro atoms. The Morgan fingerprint density at radius 3 is 2.06 bits per heavy atom. The van der Waals surface area contributed by atoms with Crippen LogP contribution in [-0.4, -0.2) is 42.2 Å². The Morgan fingerprint density at radius 1 is 1.11 bits per heavy atom. The van der Waals surface area contributed by atoms with Crippen LogP contribution in [0.1, 0.15) is 48.0 Å². The van der Waals surface area contributed by atoms with Crippen LogP contribution in [0.25, 0.3) is 0 Å². The van der Waals surface area contributed by atoms with Crippen molar-refractivity contribution < 1.29 is 13.5 Å². The molecule has 1 heterocycles. The molecule has 0 aromatic heterocycles. The first kappa shape index (κ1) is 15.8. The highest BCUT2D eigenvalue weighted by Crippen LogP contribution is 2.35.